The number of hydrogen-bond donors (Lipinski definition) is 1. The number of esters is 1. The topological polar surface area (TPSA) is 65.0 Å². The van der Waals surface area contributed by atoms with Crippen LogP contribution in [0, 0.1) is 11.8 Å². The van der Waals surface area contributed by atoms with Gasteiger partial charge in [-0.05, 0) is 42.8 Å². The number of hydrogen-bond acceptors (Lipinski definition) is 5. The summed E-state index contributed by atoms with van der Waals surface area (Å²) in [5, 5.41) is 9.72. The summed E-state index contributed by atoms with van der Waals surface area (Å²) in [6, 6.07) is 9.58. The number of ether oxygens (including phenoxy) is 3. The minimum Gasteiger partial charge on any atom is -0.493 e. The fraction of sp³-hybridized carbons (Fsp3) is 0.348. The molecule has 9 heteroatoms. The van der Waals surface area contributed by atoms with E-state index in [-0.39, 0.29) is 42.1 Å². The van der Waals surface area contributed by atoms with Crippen molar-refractivity contribution < 1.29 is 37.3 Å². The zero-order chi connectivity index (χ0) is 23.7. The van der Waals surface area contributed by atoms with E-state index in [1.165, 1.54) is 7.11 Å². The summed E-state index contributed by atoms with van der Waals surface area (Å²) in [4.78, 5) is 11.5. The fourth-order valence-electron chi connectivity index (χ4n) is 2.73. The molecule has 0 aliphatic rings. The lowest BCUT2D eigenvalue weighted by Crippen LogP contribution is -2.19. The van der Waals surface area contributed by atoms with Crippen LogP contribution in [0.3, 0.4) is 0 Å². The largest absolute Gasteiger partial charge is 0.493 e. The number of halogens is 4. The molecule has 2 rings (SSSR count). The second-order valence-electron chi connectivity index (χ2n) is 6.65. The average Bonchev–Trinajstić information content (AvgIpc) is 2.74. The number of carbonyl (C=O) groups is 1. The Morgan fingerprint density at radius 3 is 2.44 bits per heavy atom. The van der Waals surface area contributed by atoms with Crippen molar-refractivity contribution in [3.8, 4) is 23.3 Å². The molecule has 172 valence electrons. The number of carbonyl (C=O) groups excluding carboxylic acids is 1. The van der Waals surface area contributed by atoms with Crippen LogP contribution >= 0.6 is 11.6 Å². The van der Waals surface area contributed by atoms with Crippen molar-refractivity contribution in [2.24, 2.45) is 0 Å². The number of benzene rings is 2. The molecule has 0 saturated heterocycles. The Kier molecular flexibility index (Phi) is 9.24. The van der Waals surface area contributed by atoms with Crippen LogP contribution in [-0.4, -0.2) is 31.1 Å². The van der Waals surface area contributed by atoms with E-state index in [0.29, 0.717) is 5.75 Å². The first-order valence-electron chi connectivity index (χ1n) is 9.57. The van der Waals surface area contributed by atoms with Gasteiger partial charge < -0.3 is 19.3 Å². The molecule has 32 heavy (non-hydrogen) atoms. The Bertz CT molecular complexity index is 964. The summed E-state index contributed by atoms with van der Waals surface area (Å²) in [5.74, 6) is 5.56. The van der Waals surface area contributed by atoms with Gasteiger partial charge in [0.2, 0.25) is 6.29 Å². The van der Waals surface area contributed by atoms with Crippen LogP contribution in [0.5, 0.6) is 11.5 Å². The van der Waals surface area contributed by atoms with Gasteiger partial charge in [-0.15, -0.1) is 5.92 Å². The Balaban J connectivity index is 1.88. The summed E-state index contributed by atoms with van der Waals surface area (Å²) in [6.45, 7) is 1.77. The van der Waals surface area contributed by atoms with Crippen LogP contribution in [0.4, 0.5) is 13.2 Å². The van der Waals surface area contributed by atoms with Gasteiger partial charge in [0.05, 0.1) is 36.6 Å². The SMILES string of the molecule is CC#CC(CC(=O)OC)c1ccc(OCCC(O)Oc2ccc(C(F)(F)F)cc2Cl)cc1. The van der Waals surface area contributed by atoms with E-state index in [1.807, 2.05) is 0 Å². The maximum atomic E-state index is 12.7. The number of aliphatic hydroxyl groups is 1. The van der Waals surface area contributed by atoms with Crippen LogP contribution < -0.4 is 9.47 Å². The molecule has 0 aromatic heterocycles. The lowest BCUT2D eigenvalue weighted by atomic mass is 9.96. The van der Waals surface area contributed by atoms with Crippen molar-refractivity contribution in [2.45, 2.75) is 38.1 Å². The molecule has 0 saturated carbocycles. The fourth-order valence-corrected chi connectivity index (χ4v) is 2.95. The Labute approximate surface area is 189 Å². The van der Waals surface area contributed by atoms with Gasteiger partial charge in [-0.3, -0.25) is 4.79 Å². The molecule has 0 fully saturated rings. The van der Waals surface area contributed by atoms with E-state index in [0.717, 1.165) is 23.8 Å². The molecule has 2 atom stereocenters. The van der Waals surface area contributed by atoms with E-state index in [4.69, 9.17) is 25.8 Å². The van der Waals surface area contributed by atoms with E-state index in [1.54, 1.807) is 31.2 Å². The molecule has 0 amide bonds. The van der Waals surface area contributed by atoms with E-state index in [2.05, 4.69) is 11.8 Å². The quantitative estimate of drug-likeness (QED) is 0.310. The van der Waals surface area contributed by atoms with Gasteiger partial charge in [0, 0.05) is 6.42 Å². The third-order valence-corrected chi connectivity index (χ3v) is 4.65. The van der Waals surface area contributed by atoms with Gasteiger partial charge in [0.1, 0.15) is 11.5 Å². The predicted octanol–water partition coefficient (Wildman–Crippen LogP) is 5.20. The molecule has 0 spiro atoms. The van der Waals surface area contributed by atoms with Crippen LogP contribution in [0.1, 0.15) is 36.8 Å². The highest BCUT2D eigenvalue weighted by molar-refractivity contribution is 6.32. The number of alkyl halides is 3. The second kappa shape index (κ2) is 11.7. The molecule has 1 N–H and O–H groups in total. The van der Waals surface area contributed by atoms with Crippen molar-refractivity contribution in [2.75, 3.05) is 13.7 Å². The molecule has 2 unspecified atom stereocenters. The number of methoxy groups -OCH3 is 1. The standard InChI is InChI=1S/C23H22ClF3O5/c1-3-4-16(13-22(29)30-2)15-5-8-18(9-6-15)31-12-11-21(28)32-20-10-7-17(14-19(20)24)23(25,26)27/h5-10,14,16,21,28H,11-13H2,1-2H3. The maximum Gasteiger partial charge on any atom is 0.416 e. The molecule has 2 aromatic rings. The highest BCUT2D eigenvalue weighted by atomic mass is 35.5. The zero-order valence-corrected chi connectivity index (χ0v) is 18.2. The number of aliphatic hydroxyl groups excluding tert-OH is 1. The monoisotopic (exact) mass is 470 g/mol. The van der Waals surface area contributed by atoms with Crippen molar-refractivity contribution in [3.05, 3.63) is 58.6 Å². The summed E-state index contributed by atoms with van der Waals surface area (Å²) in [7, 11) is 1.32. The smallest absolute Gasteiger partial charge is 0.416 e. The van der Waals surface area contributed by atoms with Crippen LogP contribution in [-0.2, 0) is 15.7 Å². The second-order valence-corrected chi connectivity index (χ2v) is 7.06. The predicted molar refractivity (Wildman–Crippen MR) is 112 cm³/mol. The first kappa shape index (κ1) is 25.4. The minimum atomic E-state index is -4.52. The van der Waals surface area contributed by atoms with E-state index < -0.39 is 18.0 Å². The van der Waals surface area contributed by atoms with E-state index in [9.17, 15) is 23.1 Å². The molecule has 0 radical (unpaired) electrons. The first-order valence-corrected chi connectivity index (χ1v) is 9.95. The molecule has 0 bridgehead atoms. The summed E-state index contributed by atoms with van der Waals surface area (Å²) >= 11 is 5.81. The van der Waals surface area contributed by atoms with Gasteiger partial charge in [-0.1, -0.05) is 29.7 Å². The lowest BCUT2D eigenvalue weighted by Gasteiger charge is -2.16. The third kappa shape index (κ3) is 7.66. The lowest BCUT2D eigenvalue weighted by molar-refractivity contribution is -0.141. The molecular weight excluding hydrogens is 449 g/mol. The zero-order valence-electron chi connectivity index (χ0n) is 17.4. The van der Waals surface area contributed by atoms with E-state index >= 15 is 0 Å². The molecule has 0 aliphatic carbocycles. The first-order chi connectivity index (χ1) is 15.1. The summed E-state index contributed by atoms with van der Waals surface area (Å²) < 4.78 is 53.5. The Hall–Kier alpha value is -2.89. The molecule has 5 nitrogen and oxygen atoms in total. The summed E-state index contributed by atoms with van der Waals surface area (Å²) in [6.07, 6.45) is -5.67. The van der Waals surface area contributed by atoms with Gasteiger partial charge in [0.25, 0.3) is 0 Å². The van der Waals surface area contributed by atoms with Crippen LogP contribution in [0.25, 0.3) is 0 Å². The average molecular weight is 471 g/mol. The highest BCUT2D eigenvalue weighted by Gasteiger charge is 2.31. The highest BCUT2D eigenvalue weighted by Crippen LogP contribution is 2.35. The number of rotatable bonds is 9. The maximum absolute atomic E-state index is 12.7. The normalized spacial score (nSPS) is 12.8. The van der Waals surface area contributed by atoms with Crippen molar-refractivity contribution in [1.29, 1.82) is 0 Å². The Morgan fingerprint density at radius 2 is 1.88 bits per heavy atom. The van der Waals surface area contributed by atoms with Crippen molar-refractivity contribution in [1.82, 2.24) is 0 Å². The van der Waals surface area contributed by atoms with Crippen LogP contribution in [0.2, 0.25) is 5.02 Å². The van der Waals surface area contributed by atoms with Crippen LogP contribution in [0.15, 0.2) is 42.5 Å². The van der Waals surface area contributed by atoms with Gasteiger partial charge in [-0.25, -0.2) is 0 Å². The third-order valence-electron chi connectivity index (χ3n) is 4.36. The Morgan fingerprint density at radius 1 is 1.19 bits per heavy atom. The molecule has 0 heterocycles. The van der Waals surface area contributed by atoms with Gasteiger partial charge >= 0.3 is 12.1 Å². The van der Waals surface area contributed by atoms with Gasteiger partial charge in [-0.2, -0.15) is 13.2 Å². The molecule has 0 aliphatic heterocycles. The van der Waals surface area contributed by atoms with Gasteiger partial charge in [0.15, 0.2) is 0 Å². The minimum absolute atomic E-state index is 0.0470. The molecule has 2 aromatic carbocycles. The summed E-state index contributed by atoms with van der Waals surface area (Å²) in [5.41, 5.74) is -0.0766. The molecular formula is C23H22ClF3O5. The van der Waals surface area contributed by atoms with Crippen molar-refractivity contribution in [3.63, 3.8) is 0 Å². The van der Waals surface area contributed by atoms with Crippen molar-refractivity contribution >= 4 is 17.6 Å².